The number of nitroso groups, excluding NO2 is 1. The molecule has 1 aliphatic rings. The van der Waals surface area contributed by atoms with Crippen LogP contribution in [-0.4, -0.2) is 9.67 Å². The lowest BCUT2D eigenvalue weighted by Crippen LogP contribution is -2.26. The minimum atomic E-state index is -0.377. The number of benzene rings is 1. The van der Waals surface area contributed by atoms with E-state index in [9.17, 15) is 10.0 Å². The van der Waals surface area contributed by atoms with Gasteiger partial charge in [0.25, 0.3) is 0 Å². The first-order chi connectivity index (χ1) is 8.86. The Balaban J connectivity index is 2.61. The summed E-state index contributed by atoms with van der Waals surface area (Å²) in [6, 6.07) is 3.98. The second-order valence-electron chi connectivity index (χ2n) is 5.79. The average Bonchev–Trinajstić information content (AvgIpc) is 2.58. The van der Waals surface area contributed by atoms with Crippen molar-refractivity contribution in [1.82, 2.24) is 4.57 Å². The molecule has 1 N–H and O–H groups in total. The number of aromatic nitrogens is 1. The van der Waals surface area contributed by atoms with Gasteiger partial charge in [0.2, 0.25) is 5.88 Å². The van der Waals surface area contributed by atoms with Crippen LogP contribution in [0.15, 0.2) is 23.4 Å². The monoisotopic (exact) mass is 256 g/mol. The molecule has 1 aliphatic heterocycles. The molecule has 1 aromatic carbocycles. The summed E-state index contributed by atoms with van der Waals surface area (Å²) in [4.78, 5) is 11.1. The predicted octanol–water partition coefficient (Wildman–Crippen LogP) is 4.21. The number of nitrogens with zero attached hydrogens (tertiary/aromatic N) is 2. The summed E-state index contributed by atoms with van der Waals surface area (Å²) in [7, 11) is 0. The number of hydrogen-bond acceptors (Lipinski definition) is 3. The molecule has 2 aromatic rings. The van der Waals surface area contributed by atoms with E-state index in [1.165, 1.54) is 0 Å². The highest BCUT2D eigenvalue weighted by Gasteiger charge is 2.32. The number of aryl methyl sites for hydroxylation is 1. The molecule has 0 radical (unpaired) electrons. The molecule has 0 fully saturated rings. The molecular formula is C15H16N2O2. The first-order valence-electron chi connectivity index (χ1n) is 6.28. The summed E-state index contributed by atoms with van der Waals surface area (Å²) >= 11 is 0. The standard InChI is InChI=1S/C15H16N2O2/c1-8-5-10-9(2)7-15(3,4)17-13(10)11(6-8)12(16-19)14(17)18/h5-7,18H,1-4H3. The molecule has 0 bridgehead atoms. The molecular weight excluding hydrogens is 240 g/mol. The summed E-state index contributed by atoms with van der Waals surface area (Å²) in [6.07, 6.45) is 2.10. The lowest BCUT2D eigenvalue weighted by molar-refractivity contribution is 0.363. The lowest BCUT2D eigenvalue weighted by atomic mass is 9.91. The van der Waals surface area contributed by atoms with Gasteiger partial charge in [0, 0.05) is 10.9 Å². The van der Waals surface area contributed by atoms with E-state index in [2.05, 4.69) is 24.2 Å². The molecule has 1 aromatic heterocycles. The van der Waals surface area contributed by atoms with Crippen LogP contribution in [0.1, 0.15) is 31.9 Å². The number of hydrogen-bond donors (Lipinski definition) is 1. The topological polar surface area (TPSA) is 54.6 Å². The van der Waals surface area contributed by atoms with Crippen molar-refractivity contribution in [2.24, 2.45) is 5.18 Å². The third-order valence-electron chi connectivity index (χ3n) is 3.82. The number of rotatable bonds is 1. The van der Waals surface area contributed by atoms with Crippen molar-refractivity contribution in [2.45, 2.75) is 33.2 Å². The first kappa shape index (κ1) is 12.0. The predicted molar refractivity (Wildman–Crippen MR) is 76.8 cm³/mol. The summed E-state index contributed by atoms with van der Waals surface area (Å²) in [5.74, 6) is -0.0504. The van der Waals surface area contributed by atoms with Crippen molar-refractivity contribution in [3.8, 4) is 5.88 Å². The van der Waals surface area contributed by atoms with Crippen molar-refractivity contribution in [2.75, 3.05) is 0 Å². The largest absolute Gasteiger partial charge is 0.493 e. The van der Waals surface area contributed by atoms with Crippen LogP contribution in [0.25, 0.3) is 16.5 Å². The molecule has 0 atom stereocenters. The Bertz CT molecular complexity index is 751. The highest BCUT2D eigenvalue weighted by atomic mass is 16.3. The first-order valence-corrected chi connectivity index (χ1v) is 6.28. The van der Waals surface area contributed by atoms with Crippen molar-refractivity contribution in [1.29, 1.82) is 0 Å². The third kappa shape index (κ3) is 1.40. The Kier molecular flexibility index (Phi) is 2.18. The van der Waals surface area contributed by atoms with Gasteiger partial charge in [-0.2, -0.15) is 0 Å². The highest BCUT2D eigenvalue weighted by Crippen LogP contribution is 2.48. The summed E-state index contributed by atoms with van der Waals surface area (Å²) in [5, 5.41) is 14.1. The fourth-order valence-electron chi connectivity index (χ4n) is 3.16. The van der Waals surface area contributed by atoms with Crippen molar-refractivity contribution >= 4 is 22.2 Å². The number of allylic oxidation sites excluding steroid dienone is 2. The normalized spacial score (nSPS) is 16.5. The Morgan fingerprint density at radius 1 is 1.26 bits per heavy atom. The van der Waals surface area contributed by atoms with E-state index in [1.807, 2.05) is 26.8 Å². The van der Waals surface area contributed by atoms with Gasteiger partial charge in [0.1, 0.15) is 0 Å². The maximum Gasteiger partial charge on any atom is 0.223 e. The maximum absolute atomic E-state index is 11.1. The van der Waals surface area contributed by atoms with Gasteiger partial charge in [-0.05, 0) is 56.1 Å². The van der Waals surface area contributed by atoms with E-state index in [1.54, 1.807) is 4.57 Å². The highest BCUT2D eigenvalue weighted by molar-refractivity contribution is 6.03. The van der Waals surface area contributed by atoms with Gasteiger partial charge >= 0.3 is 0 Å². The molecule has 19 heavy (non-hydrogen) atoms. The molecule has 2 heterocycles. The van der Waals surface area contributed by atoms with Gasteiger partial charge in [0.05, 0.1) is 11.1 Å². The van der Waals surface area contributed by atoms with Crippen LogP contribution >= 0.6 is 0 Å². The van der Waals surface area contributed by atoms with Crippen LogP contribution in [-0.2, 0) is 5.54 Å². The quantitative estimate of drug-likeness (QED) is 0.777. The Labute approximate surface area is 111 Å². The van der Waals surface area contributed by atoms with Crippen LogP contribution in [0.2, 0.25) is 0 Å². The summed E-state index contributed by atoms with van der Waals surface area (Å²) in [5.41, 5.74) is 3.91. The van der Waals surface area contributed by atoms with Crippen LogP contribution in [0.3, 0.4) is 0 Å². The van der Waals surface area contributed by atoms with Crippen LogP contribution in [0, 0.1) is 11.8 Å². The van der Waals surface area contributed by atoms with Crippen molar-refractivity contribution in [3.05, 3.63) is 34.2 Å². The summed E-state index contributed by atoms with van der Waals surface area (Å²) < 4.78 is 1.79. The molecule has 0 aliphatic carbocycles. The van der Waals surface area contributed by atoms with E-state index < -0.39 is 0 Å². The van der Waals surface area contributed by atoms with E-state index in [0.717, 1.165) is 27.6 Å². The van der Waals surface area contributed by atoms with E-state index >= 15 is 0 Å². The molecule has 0 spiro atoms. The van der Waals surface area contributed by atoms with Gasteiger partial charge in [0.15, 0.2) is 5.69 Å². The molecule has 4 nitrogen and oxygen atoms in total. The van der Waals surface area contributed by atoms with E-state index in [-0.39, 0.29) is 17.1 Å². The van der Waals surface area contributed by atoms with Crippen LogP contribution in [0.4, 0.5) is 5.69 Å². The van der Waals surface area contributed by atoms with Crippen molar-refractivity contribution < 1.29 is 5.11 Å². The zero-order chi connectivity index (χ0) is 13.9. The van der Waals surface area contributed by atoms with E-state index in [4.69, 9.17) is 0 Å². The molecule has 98 valence electrons. The van der Waals surface area contributed by atoms with E-state index in [0.29, 0.717) is 0 Å². The van der Waals surface area contributed by atoms with Gasteiger partial charge in [-0.1, -0.05) is 6.08 Å². The minimum Gasteiger partial charge on any atom is -0.493 e. The fourth-order valence-corrected chi connectivity index (χ4v) is 3.16. The third-order valence-corrected chi connectivity index (χ3v) is 3.82. The van der Waals surface area contributed by atoms with Crippen LogP contribution < -0.4 is 0 Å². The average molecular weight is 256 g/mol. The molecule has 0 amide bonds. The Hall–Kier alpha value is -2.10. The van der Waals surface area contributed by atoms with Gasteiger partial charge in [-0.3, -0.25) is 0 Å². The van der Waals surface area contributed by atoms with Crippen LogP contribution in [0.5, 0.6) is 5.88 Å². The number of aromatic hydroxyl groups is 1. The fraction of sp³-hybridized carbons (Fsp3) is 0.333. The second-order valence-corrected chi connectivity index (χ2v) is 5.79. The van der Waals surface area contributed by atoms with Gasteiger partial charge in [-0.25, -0.2) is 0 Å². The Morgan fingerprint density at radius 2 is 1.95 bits per heavy atom. The zero-order valence-corrected chi connectivity index (χ0v) is 11.5. The van der Waals surface area contributed by atoms with Gasteiger partial charge < -0.3 is 9.67 Å². The molecule has 0 saturated carbocycles. The minimum absolute atomic E-state index is 0.0504. The zero-order valence-electron chi connectivity index (χ0n) is 11.5. The lowest BCUT2D eigenvalue weighted by Gasteiger charge is -2.31. The van der Waals surface area contributed by atoms with Gasteiger partial charge in [-0.15, -0.1) is 4.91 Å². The summed E-state index contributed by atoms with van der Waals surface area (Å²) in [6.45, 7) is 8.05. The second kappa shape index (κ2) is 3.47. The maximum atomic E-state index is 11.1. The smallest absolute Gasteiger partial charge is 0.223 e. The molecule has 4 heteroatoms. The Morgan fingerprint density at radius 3 is 2.58 bits per heavy atom. The SMILES string of the molecule is CC1=CC(C)(C)n2c(O)c(N=O)c3cc(C)cc1c32. The molecule has 0 saturated heterocycles. The van der Waals surface area contributed by atoms with Crippen molar-refractivity contribution in [3.63, 3.8) is 0 Å². The molecule has 0 unspecified atom stereocenters. The molecule has 3 rings (SSSR count).